The van der Waals surface area contributed by atoms with E-state index in [1.54, 1.807) is 13.0 Å². The molecular weight excluding hydrogens is 195 g/mol. The summed E-state index contributed by atoms with van der Waals surface area (Å²) < 4.78 is 10.0. The number of rotatable bonds is 4. The van der Waals surface area contributed by atoms with Crippen LogP contribution in [-0.2, 0) is 4.74 Å². The van der Waals surface area contributed by atoms with Crippen molar-refractivity contribution >= 4 is 12.6 Å². The average Bonchev–Trinajstić information content (AvgIpc) is 2.12. The molecular formula is C10H15BO4. The first-order valence-corrected chi connectivity index (χ1v) is 4.65. The van der Waals surface area contributed by atoms with Gasteiger partial charge in [-0.25, -0.2) is 0 Å². The molecule has 0 atom stereocenters. The lowest BCUT2D eigenvalue weighted by Gasteiger charge is -2.13. The lowest BCUT2D eigenvalue weighted by Crippen LogP contribution is -2.34. The Kier molecular flexibility index (Phi) is 4.14. The molecule has 0 aromatic heterocycles. The van der Waals surface area contributed by atoms with Gasteiger partial charge in [0.25, 0.3) is 0 Å². The molecule has 0 aliphatic carbocycles. The Balaban J connectivity index is 3.09. The normalized spacial score (nSPS) is 10.2. The largest absolute Gasteiger partial charge is 0.492 e. The zero-order chi connectivity index (χ0) is 11.4. The topological polar surface area (TPSA) is 58.9 Å². The fourth-order valence-corrected chi connectivity index (χ4v) is 1.51. The van der Waals surface area contributed by atoms with Crippen LogP contribution in [0.5, 0.6) is 5.75 Å². The summed E-state index contributed by atoms with van der Waals surface area (Å²) >= 11 is 0. The van der Waals surface area contributed by atoms with Crippen LogP contribution >= 0.6 is 0 Å². The number of benzene rings is 1. The number of hydrogen-bond acceptors (Lipinski definition) is 4. The lowest BCUT2D eigenvalue weighted by molar-refractivity contribution is 0.0516. The predicted octanol–water partition coefficient (Wildman–Crippen LogP) is -0.0341. The maximum atomic E-state index is 9.21. The van der Waals surface area contributed by atoms with Crippen molar-refractivity contribution in [1.29, 1.82) is 0 Å². The van der Waals surface area contributed by atoms with Crippen LogP contribution in [0.15, 0.2) is 12.1 Å². The van der Waals surface area contributed by atoms with Gasteiger partial charge in [0.1, 0.15) is 5.75 Å². The molecule has 0 radical (unpaired) electrons. The summed E-state index contributed by atoms with van der Waals surface area (Å²) in [6, 6.07) is 3.62. The van der Waals surface area contributed by atoms with Gasteiger partial charge in [-0.1, -0.05) is 6.07 Å². The Morgan fingerprint density at radius 2 is 1.93 bits per heavy atom. The van der Waals surface area contributed by atoms with E-state index in [2.05, 4.69) is 0 Å². The molecule has 1 aromatic rings. The van der Waals surface area contributed by atoms with Crippen LogP contribution in [0.2, 0.25) is 0 Å². The van der Waals surface area contributed by atoms with E-state index in [9.17, 15) is 10.0 Å². The Labute approximate surface area is 89.6 Å². The molecule has 0 bridgehead atoms. The maximum absolute atomic E-state index is 9.21. The minimum absolute atomic E-state index is 0.0859. The fourth-order valence-electron chi connectivity index (χ4n) is 1.51. The summed E-state index contributed by atoms with van der Waals surface area (Å²) in [7, 11) is -0.0185. The van der Waals surface area contributed by atoms with Gasteiger partial charge in [-0.2, -0.15) is 0 Å². The third kappa shape index (κ3) is 2.96. The highest BCUT2D eigenvalue weighted by molar-refractivity contribution is 6.60. The quantitative estimate of drug-likeness (QED) is 0.541. The van der Waals surface area contributed by atoms with Crippen molar-refractivity contribution in [3.05, 3.63) is 23.3 Å². The number of methoxy groups -OCH3 is 1. The van der Waals surface area contributed by atoms with Crippen LogP contribution < -0.4 is 10.2 Å². The molecule has 5 heteroatoms. The second kappa shape index (κ2) is 5.16. The van der Waals surface area contributed by atoms with Gasteiger partial charge in [-0.05, 0) is 31.0 Å². The van der Waals surface area contributed by atoms with E-state index >= 15 is 0 Å². The van der Waals surface area contributed by atoms with Gasteiger partial charge < -0.3 is 19.5 Å². The molecule has 1 aromatic carbocycles. The molecule has 0 heterocycles. The molecule has 0 spiro atoms. The zero-order valence-corrected chi connectivity index (χ0v) is 9.15. The van der Waals surface area contributed by atoms with Gasteiger partial charge in [0, 0.05) is 12.6 Å². The second-order valence-corrected chi connectivity index (χ2v) is 3.42. The molecule has 0 saturated heterocycles. The van der Waals surface area contributed by atoms with Crippen LogP contribution in [0.3, 0.4) is 0 Å². The lowest BCUT2D eigenvalue weighted by atomic mass is 9.76. The molecule has 0 amide bonds. The summed E-state index contributed by atoms with van der Waals surface area (Å²) in [5.74, 6) is 0.448. The van der Waals surface area contributed by atoms with Crippen LogP contribution in [0.4, 0.5) is 0 Å². The molecule has 0 aliphatic heterocycles. The van der Waals surface area contributed by atoms with Crippen molar-refractivity contribution in [2.45, 2.75) is 13.8 Å². The fraction of sp³-hybridized carbons (Fsp3) is 0.400. The first-order chi connectivity index (χ1) is 7.06. The molecule has 0 unspecified atom stereocenters. The first kappa shape index (κ1) is 12.0. The van der Waals surface area contributed by atoms with Gasteiger partial charge in [0.2, 0.25) is 0 Å². The molecule has 4 nitrogen and oxygen atoms in total. The standard InChI is InChI=1S/C10H15BO4/c1-7-4-8(2)10(11(12)13)9(5-7)15-6-14-3/h4-5,12-13H,6H2,1-3H3. The third-order valence-electron chi connectivity index (χ3n) is 2.08. The average molecular weight is 210 g/mol. The van der Waals surface area contributed by atoms with E-state index in [-0.39, 0.29) is 6.79 Å². The number of ether oxygens (including phenoxy) is 2. The van der Waals surface area contributed by atoms with Crippen molar-refractivity contribution in [1.82, 2.24) is 0 Å². The minimum Gasteiger partial charge on any atom is -0.468 e. The van der Waals surface area contributed by atoms with Gasteiger partial charge >= 0.3 is 7.12 Å². The predicted molar refractivity (Wildman–Crippen MR) is 58.2 cm³/mol. The summed E-state index contributed by atoms with van der Waals surface area (Å²) in [6.07, 6.45) is 0. The highest BCUT2D eigenvalue weighted by Crippen LogP contribution is 2.14. The van der Waals surface area contributed by atoms with Crippen molar-refractivity contribution in [2.75, 3.05) is 13.9 Å². The van der Waals surface area contributed by atoms with E-state index in [4.69, 9.17) is 9.47 Å². The Morgan fingerprint density at radius 3 is 2.47 bits per heavy atom. The van der Waals surface area contributed by atoms with Crippen molar-refractivity contribution in [3.8, 4) is 5.75 Å². The molecule has 82 valence electrons. The van der Waals surface area contributed by atoms with Gasteiger partial charge in [0.05, 0.1) is 0 Å². The van der Waals surface area contributed by atoms with Crippen LogP contribution in [0, 0.1) is 13.8 Å². The van der Waals surface area contributed by atoms with E-state index in [1.807, 2.05) is 13.0 Å². The zero-order valence-electron chi connectivity index (χ0n) is 9.15. The first-order valence-electron chi connectivity index (χ1n) is 4.65. The summed E-state index contributed by atoms with van der Waals surface area (Å²) in [4.78, 5) is 0. The minimum atomic E-state index is -1.53. The molecule has 0 aliphatic rings. The molecule has 0 fully saturated rings. The molecule has 0 saturated carbocycles. The molecule has 2 N–H and O–H groups in total. The number of hydrogen-bond donors (Lipinski definition) is 2. The van der Waals surface area contributed by atoms with Gasteiger partial charge in [-0.15, -0.1) is 0 Å². The van der Waals surface area contributed by atoms with Crippen LogP contribution in [-0.4, -0.2) is 31.1 Å². The maximum Gasteiger partial charge on any atom is 0.492 e. The van der Waals surface area contributed by atoms with Crippen molar-refractivity contribution in [2.24, 2.45) is 0 Å². The second-order valence-electron chi connectivity index (χ2n) is 3.42. The van der Waals surface area contributed by atoms with E-state index in [1.165, 1.54) is 7.11 Å². The van der Waals surface area contributed by atoms with Gasteiger partial charge in [-0.3, -0.25) is 0 Å². The summed E-state index contributed by atoms with van der Waals surface area (Å²) in [5, 5.41) is 18.4. The van der Waals surface area contributed by atoms with Crippen LogP contribution in [0.25, 0.3) is 0 Å². The van der Waals surface area contributed by atoms with Crippen molar-refractivity contribution < 1.29 is 19.5 Å². The van der Waals surface area contributed by atoms with Crippen LogP contribution in [0.1, 0.15) is 11.1 Å². The Hall–Kier alpha value is -1.04. The highest BCUT2D eigenvalue weighted by atomic mass is 16.7. The van der Waals surface area contributed by atoms with Crippen molar-refractivity contribution in [3.63, 3.8) is 0 Å². The van der Waals surface area contributed by atoms with E-state index < -0.39 is 7.12 Å². The number of aryl methyl sites for hydroxylation is 2. The molecule has 1 rings (SSSR count). The SMILES string of the molecule is COCOc1cc(C)cc(C)c1B(O)O. The smallest absolute Gasteiger partial charge is 0.468 e. The Morgan fingerprint density at radius 1 is 1.27 bits per heavy atom. The third-order valence-corrected chi connectivity index (χ3v) is 2.08. The van der Waals surface area contributed by atoms with Gasteiger partial charge in [0.15, 0.2) is 6.79 Å². The molecule has 15 heavy (non-hydrogen) atoms. The monoisotopic (exact) mass is 210 g/mol. The Bertz CT molecular complexity index is 338. The summed E-state index contributed by atoms with van der Waals surface area (Å²) in [6.45, 7) is 3.81. The highest BCUT2D eigenvalue weighted by Gasteiger charge is 2.20. The van der Waals surface area contributed by atoms with E-state index in [0.29, 0.717) is 11.2 Å². The summed E-state index contributed by atoms with van der Waals surface area (Å²) in [5.41, 5.74) is 2.18. The van der Waals surface area contributed by atoms with E-state index in [0.717, 1.165) is 11.1 Å².